The van der Waals surface area contributed by atoms with Crippen LogP contribution in [0, 0.1) is 0 Å². The third kappa shape index (κ3) is 2.89. The van der Waals surface area contributed by atoms with E-state index in [-0.39, 0.29) is 17.5 Å². The lowest BCUT2D eigenvalue weighted by atomic mass is 9.88. The Morgan fingerprint density at radius 1 is 1.09 bits per heavy atom. The van der Waals surface area contributed by atoms with Gasteiger partial charge in [-0.25, -0.2) is 0 Å². The molecular formula is C20H24N2O. The molecule has 1 atom stereocenters. The first kappa shape index (κ1) is 15.8. The van der Waals surface area contributed by atoms with Gasteiger partial charge in [0.05, 0.1) is 11.6 Å². The Morgan fingerprint density at radius 3 is 2.43 bits per heavy atom. The number of nitrogens with one attached hydrogen (secondary N) is 1. The molecule has 1 N–H and O–H groups in total. The van der Waals surface area contributed by atoms with E-state index in [1.807, 2.05) is 30.1 Å². The van der Waals surface area contributed by atoms with Gasteiger partial charge >= 0.3 is 0 Å². The summed E-state index contributed by atoms with van der Waals surface area (Å²) < 4.78 is 0. The summed E-state index contributed by atoms with van der Waals surface area (Å²) in [5.41, 5.74) is 3.31. The van der Waals surface area contributed by atoms with E-state index in [0.29, 0.717) is 6.54 Å². The molecule has 3 nitrogen and oxygen atoms in total. The van der Waals surface area contributed by atoms with Crippen molar-refractivity contribution in [2.75, 3.05) is 7.05 Å². The van der Waals surface area contributed by atoms with Gasteiger partial charge in [-0.1, -0.05) is 54.6 Å². The number of hydrogen-bond donors (Lipinski definition) is 1. The zero-order valence-corrected chi connectivity index (χ0v) is 14.0. The van der Waals surface area contributed by atoms with Crippen LogP contribution in [0.2, 0.25) is 0 Å². The number of benzene rings is 2. The van der Waals surface area contributed by atoms with E-state index in [1.165, 1.54) is 11.1 Å². The van der Waals surface area contributed by atoms with Gasteiger partial charge < -0.3 is 10.2 Å². The Balaban J connectivity index is 2.06. The van der Waals surface area contributed by atoms with Crippen molar-refractivity contribution < 1.29 is 4.79 Å². The monoisotopic (exact) mass is 308 g/mol. The van der Waals surface area contributed by atoms with Crippen LogP contribution in [-0.4, -0.2) is 23.9 Å². The Hall–Kier alpha value is -2.13. The highest BCUT2D eigenvalue weighted by Crippen LogP contribution is 2.35. The quantitative estimate of drug-likeness (QED) is 0.945. The average Bonchev–Trinajstić information content (AvgIpc) is 2.64. The molecule has 2 aromatic carbocycles. The van der Waals surface area contributed by atoms with E-state index in [9.17, 15) is 4.79 Å². The topological polar surface area (TPSA) is 32.3 Å². The summed E-state index contributed by atoms with van der Waals surface area (Å²) in [6.45, 7) is 4.91. The molecule has 1 aliphatic rings. The van der Waals surface area contributed by atoms with Crippen LogP contribution in [0.5, 0.6) is 0 Å². The third-order valence-corrected chi connectivity index (χ3v) is 4.87. The van der Waals surface area contributed by atoms with Crippen molar-refractivity contribution in [2.45, 2.75) is 38.4 Å². The molecule has 0 fully saturated rings. The second kappa shape index (κ2) is 6.17. The molecule has 0 radical (unpaired) electrons. The Kier molecular flexibility index (Phi) is 4.22. The summed E-state index contributed by atoms with van der Waals surface area (Å²) in [6, 6.07) is 18.4. The van der Waals surface area contributed by atoms with Crippen molar-refractivity contribution in [2.24, 2.45) is 0 Å². The summed E-state index contributed by atoms with van der Waals surface area (Å²) >= 11 is 0. The van der Waals surface area contributed by atoms with Crippen LogP contribution in [0.15, 0.2) is 54.6 Å². The second-order valence-corrected chi connectivity index (χ2v) is 6.67. The molecule has 0 saturated carbocycles. The molecule has 3 heteroatoms. The molecule has 1 amide bonds. The molecule has 1 unspecified atom stereocenters. The zero-order chi connectivity index (χ0) is 16.4. The zero-order valence-electron chi connectivity index (χ0n) is 14.0. The SMILES string of the molecule is CNC1Cc2ccccc2C(C)(C)N(Cc2ccccc2)C1=O. The largest absolute Gasteiger partial charge is 0.328 e. The lowest BCUT2D eigenvalue weighted by molar-refractivity contribution is -0.139. The van der Waals surface area contributed by atoms with Gasteiger partial charge in [-0.05, 0) is 44.0 Å². The molecule has 1 heterocycles. The number of fused-ring (bicyclic) bond motifs is 1. The van der Waals surface area contributed by atoms with Gasteiger partial charge in [0.25, 0.3) is 0 Å². The number of nitrogens with zero attached hydrogens (tertiary/aromatic N) is 1. The number of likely N-dealkylation sites (N-methyl/N-ethyl adjacent to an activating group) is 1. The Labute approximate surface area is 138 Å². The van der Waals surface area contributed by atoms with Crippen molar-refractivity contribution in [3.05, 3.63) is 71.3 Å². The van der Waals surface area contributed by atoms with Crippen molar-refractivity contribution in [3.63, 3.8) is 0 Å². The van der Waals surface area contributed by atoms with Gasteiger partial charge in [0.1, 0.15) is 0 Å². The fourth-order valence-corrected chi connectivity index (χ4v) is 3.48. The first-order chi connectivity index (χ1) is 11.0. The van der Waals surface area contributed by atoms with Crippen LogP contribution in [0.4, 0.5) is 0 Å². The second-order valence-electron chi connectivity index (χ2n) is 6.67. The first-order valence-corrected chi connectivity index (χ1v) is 8.15. The summed E-state index contributed by atoms with van der Waals surface area (Å²) in [7, 11) is 1.87. The standard InChI is InChI=1S/C20H24N2O/c1-20(2)17-12-8-7-11-16(17)13-18(21-3)19(23)22(20)14-15-9-5-4-6-10-15/h4-12,18,21H,13-14H2,1-3H3. The van der Waals surface area contributed by atoms with E-state index >= 15 is 0 Å². The van der Waals surface area contributed by atoms with Crippen LogP contribution in [-0.2, 0) is 23.3 Å². The molecular weight excluding hydrogens is 284 g/mol. The number of carbonyl (C=O) groups excluding carboxylic acids is 1. The van der Waals surface area contributed by atoms with Crippen LogP contribution in [0.1, 0.15) is 30.5 Å². The molecule has 1 aliphatic heterocycles. The normalized spacial score (nSPS) is 20.0. The Bertz CT molecular complexity index is 694. The minimum absolute atomic E-state index is 0.164. The molecule has 0 bridgehead atoms. The molecule has 0 aliphatic carbocycles. The maximum atomic E-state index is 13.1. The van der Waals surface area contributed by atoms with Crippen molar-refractivity contribution >= 4 is 5.91 Å². The van der Waals surface area contributed by atoms with Crippen molar-refractivity contribution in [3.8, 4) is 0 Å². The predicted molar refractivity (Wildman–Crippen MR) is 93.0 cm³/mol. The van der Waals surface area contributed by atoms with E-state index in [0.717, 1.165) is 12.0 Å². The average molecular weight is 308 g/mol. The van der Waals surface area contributed by atoms with Gasteiger partial charge in [-0.15, -0.1) is 0 Å². The highest BCUT2D eigenvalue weighted by molar-refractivity contribution is 5.84. The summed E-state index contributed by atoms with van der Waals surface area (Å²) in [5.74, 6) is 0.164. The first-order valence-electron chi connectivity index (χ1n) is 8.15. The van der Waals surface area contributed by atoms with E-state index < -0.39 is 0 Å². The van der Waals surface area contributed by atoms with E-state index in [4.69, 9.17) is 0 Å². The van der Waals surface area contributed by atoms with Crippen molar-refractivity contribution in [1.29, 1.82) is 0 Å². The summed E-state index contributed by atoms with van der Waals surface area (Å²) in [4.78, 5) is 15.1. The molecule has 0 spiro atoms. The molecule has 0 saturated heterocycles. The van der Waals surface area contributed by atoms with Gasteiger partial charge in [0.15, 0.2) is 0 Å². The molecule has 120 valence electrons. The van der Waals surface area contributed by atoms with Crippen LogP contribution >= 0.6 is 0 Å². The van der Waals surface area contributed by atoms with E-state index in [2.05, 4.69) is 55.6 Å². The fraction of sp³-hybridized carbons (Fsp3) is 0.350. The fourth-order valence-electron chi connectivity index (χ4n) is 3.48. The van der Waals surface area contributed by atoms with Crippen LogP contribution in [0.3, 0.4) is 0 Å². The number of carbonyl (C=O) groups is 1. The van der Waals surface area contributed by atoms with Gasteiger partial charge in [-0.2, -0.15) is 0 Å². The van der Waals surface area contributed by atoms with Crippen molar-refractivity contribution in [1.82, 2.24) is 10.2 Å². The molecule has 2 aromatic rings. The Morgan fingerprint density at radius 2 is 1.74 bits per heavy atom. The van der Waals surface area contributed by atoms with E-state index in [1.54, 1.807) is 0 Å². The molecule has 3 rings (SSSR count). The lowest BCUT2D eigenvalue weighted by Crippen LogP contribution is -2.50. The van der Waals surface area contributed by atoms with Crippen LogP contribution in [0.25, 0.3) is 0 Å². The maximum absolute atomic E-state index is 13.1. The number of amides is 1. The smallest absolute Gasteiger partial charge is 0.241 e. The highest BCUT2D eigenvalue weighted by atomic mass is 16.2. The minimum Gasteiger partial charge on any atom is -0.328 e. The number of rotatable bonds is 3. The third-order valence-electron chi connectivity index (χ3n) is 4.87. The summed E-state index contributed by atoms with van der Waals surface area (Å²) in [5, 5.41) is 3.20. The minimum atomic E-state index is -0.338. The summed E-state index contributed by atoms with van der Waals surface area (Å²) in [6.07, 6.45) is 0.736. The number of hydrogen-bond acceptors (Lipinski definition) is 2. The highest BCUT2D eigenvalue weighted by Gasteiger charge is 2.40. The lowest BCUT2D eigenvalue weighted by Gasteiger charge is -2.39. The molecule has 23 heavy (non-hydrogen) atoms. The van der Waals surface area contributed by atoms with Gasteiger partial charge in [-0.3, -0.25) is 4.79 Å². The van der Waals surface area contributed by atoms with Crippen LogP contribution < -0.4 is 5.32 Å². The van der Waals surface area contributed by atoms with Gasteiger partial charge in [0.2, 0.25) is 5.91 Å². The van der Waals surface area contributed by atoms with Gasteiger partial charge in [0, 0.05) is 6.54 Å². The maximum Gasteiger partial charge on any atom is 0.241 e. The predicted octanol–water partition coefficient (Wildman–Crippen LogP) is 3.09. The molecule has 0 aromatic heterocycles.